The molecule has 180 valence electrons. The molecule has 8 heteroatoms. The van der Waals surface area contributed by atoms with E-state index in [-0.39, 0.29) is 11.8 Å². The summed E-state index contributed by atoms with van der Waals surface area (Å²) in [5, 5.41) is 10.2. The van der Waals surface area contributed by atoms with E-state index in [9.17, 15) is 4.79 Å². The van der Waals surface area contributed by atoms with Gasteiger partial charge < -0.3 is 24.4 Å². The Morgan fingerprint density at radius 3 is 2.85 bits per heavy atom. The third-order valence-electron chi connectivity index (χ3n) is 5.93. The Hall–Kier alpha value is -3.52. The summed E-state index contributed by atoms with van der Waals surface area (Å²) < 4.78 is 17.3. The van der Waals surface area contributed by atoms with Gasteiger partial charge in [0.15, 0.2) is 0 Å². The second kappa shape index (κ2) is 10.6. The van der Waals surface area contributed by atoms with Crippen molar-refractivity contribution in [3.05, 3.63) is 53.9 Å². The number of benzene rings is 2. The monoisotopic (exact) mass is 464 g/mol. The molecule has 0 aliphatic carbocycles. The maximum absolute atomic E-state index is 13.2. The summed E-state index contributed by atoms with van der Waals surface area (Å²) in [6.45, 7) is 3.75. The van der Waals surface area contributed by atoms with Crippen molar-refractivity contribution in [2.45, 2.75) is 19.8 Å². The second-order valence-electron chi connectivity index (χ2n) is 8.78. The average Bonchev–Trinajstić information content (AvgIpc) is 3.27. The van der Waals surface area contributed by atoms with Crippen LogP contribution < -0.4 is 19.5 Å². The number of amides is 1. The highest BCUT2D eigenvalue weighted by Crippen LogP contribution is 2.34. The number of methoxy groups -OCH3 is 1. The van der Waals surface area contributed by atoms with Crippen molar-refractivity contribution in [1.82, 2.24) is 15.1 Å². The van der Waals surface area contributed by atoms with Crippen molar-refractivity contribution >= 4 is 11.6 Å². The zero-order chi connectivity index (χ0) is 24.1. The van der Waals surface area contributed by atoms with Gasteiger partial charge in [0, 0.05) is 18.3 Å². The van der Waals surface area contributed by atoms with Crippen LogP contribution in [0.2, 0.25) is 0 Å². The van der Waals surface area contributed by atoms with Crippen LogP contribution in [0.1, 0.15) is 17.7 Å². The average molecular weight is 465 g/mol. The fraction of sp³-hybridized carbons (Fsp3) is 0.385. The molecule has 1 amide bonds. The molecule has 3 aromatic rings. The van der Waals surface area contributed by atoms with E-state index in [1.165, 1.54) is 0 Å². The number of carbonyl (C=O) groups excluding carboxylic acids is 1. The molecule has 1 aliphatic rings. The van der Waals surface area contributed by atoms with Crippen LogP contribution in [0.3, 0.4) is 0 Å². The summed E-state index contributed by atoms with van der Waals surface area (Å²) in [5.41, 5.74) is 4.51. The Bertz CT molecular complexity index is 1140. The van der Waals surface area contributed by atoms with Gasteiger partial charge in [-0.1, -0.05) is 6.07 Å². The van der Waals surface area contributed by atoms with Gasteiger partial charge in [0.25, 0.3) is 0 Å². The first-order chi connectivity index (χ1) is 16.4. The fourth-order valence-electron chi connectivity index (χ4n) is 4.03. The molecule has 1 aliphatic heterocycles. The topological polar surface area (TPSA) is 88.7 Å². The second-order valence-corrected chi connectivity index (χ2v) is 8.78. The highest BCUT2D eigenvalue weighted by molar-refractivity contribution is 5.95. The number of aromatic nitrogens is 2. The molecule has 1 unspecified atom stereocenters. The summed E-state index contributed by atoms with van der Waals surface area (Å²) in [5.74, 6) is 1.79. The van der Waals surface area contributed by atoms with Crippen molar-refractivity contribution in [3.8, 4) is 28.4 Å². The molecule has 2 heterocycles. The Balaban J connectivity index is 1.51. The number of ether oxygens (including phenoxy) is 3. The van der Waals surface area contributed by atoms with E-state index in [1.807, 2.05) is 63.6 Å². The molecule has 34 heavy (non-hydrogen) atoms. The first kappa shape index (κ1) is 23.6. The van der Waals surface area contributed by atoms with Gasteiger partial charge in [0.2, 0.25) is 5.91 Å². The molecule has 0 fully saturated rings. The summed E-state index contributed by atoms with van der Waals surface area (Å²) in [6.07, 6.45) is 3.33. The smallest absolute Gasteiger partial charge is 0.231 e. The van der Waals surface area contributed by atoms with Crippen LogP contribution in [0.4, 0.5) is 5.69 Å². The van der Waals surface area contributed by atoms with Crippen molar-refractivity contribution in [1.29, 1.82) is 0 Å². The number of carbonyl (C=O) groups is 1. The van der Waals surface area contributed by atoms with Crippen molar-refractivity contribution < 1.29 is 19.0 Å². The van der Waals surface area contributed by atoms with Crippen LogP contribution in [0.25, 0.3) is 11.1 Å². The van der Waals surface area contributed by atoms with E-state index < -0.39 is 0 Å². The standard InChI is InChI=1S/C26H32N4O4/c1-17-22(15-27-29-17)18-6-8-23(25(14-18)33-11-5-10-30(2)3)28-26(31)20-12-19-13-21(32-4)7-9-24(19)34-16-20/h6-9,13-15,20H,5,10-12,16H2,1-4H3,(H,27,29)(H,28,31). The highest BCUT2D eigenvalue weighted by Gasteiger charge is 2.27. The normalized spacial score (nSPS) is 14.9. The number of aryl methyl sites for hydroxylation is 1. The highest BCUT2D eigenvalue weighted by atomic mass is 16.5. The molecule has 1 atom stereocenters. The van der Waals surface area contributed by atoms with Crippen molar-refractivity contribution in [2.75, 3.05) is 46.3 Å². The summed E-state index contributed by atoms with van der Waals surface area (Å²) in [6, 6.07) is 11.5. The third-order valence-corrected chi connectivity index (χ3v) is 5.93. The molecule has 1 aromatic heterocycles. The molecular formula is C26H32N4O4. The minimum atomic E-state index is -0.308. The maximum atomic E-state index is 13.2. The maximum Gasteiger partial charge on any atom is 0.231 e. The Labute approximate surface area is 200 Å². The van der Waals surface area contributed by atoms with Gasteiger partial charge in [-0.2, -0.15) is 5.10 Å². The van der Waals surface area contributed by atoms with E-state index in [0.717, 1.165) is 46.8 Å². The zero-order valence-electron chi connectivity index (χ0n) is 20.2. The minimum absolute atomic E-state index is 0.0983. The Morgan fingerprint density at radius 1 is 1.26 bits per heavy atom. The van der Waals surface area contributed by atoms with Gasteiger partial charge in [-0.05, 0) is 75.3 Å². The number of hydrogen-bond donors (Lipinski definition) is 2. The van der Waals surface area contributed by atoms with Crippen LogP contribution in [0, 0.1) is 12.8 Å². The predicted octanol–water partition coefficient (Wildman–Crippen LogP) is 3.91. The molecule has 0 spiro atoms. The number of H-pyrrole nitrogens is 1. The number of aromatic amines is 1. The number of fused-ring (bicyclic) bond motifs is 1. The fourth-order valence-corrected chi connectivity index (χ4v) is 4.03. The summed E-state index contributed by atoms with van der Waals surface area (Å²) in [4.78, 5) is 15.3. The molecular weight excluding hydrogens is 432 g/mol. The minimum Gasteiger partial charge on any atom is -0.497 e. The lowest BCUT2D eigenvalue weighted by molar-refractivity contribution is -0.121. The molecule has 2 N–H and O–H groups in total. The van der Waals surface area contributed by atoms with Crippen LogP contribution in [0.15, 0.2) is 42.6 Å². The van der Waals surface area contributed by atoms with Gasteiger partial charge in [-0.3, -0.25) is 9.89 Å². The molecule has 4 rings (SSSR count). The number of rotatable bonds is 9. The first-order valence-corrected chi connectivity index (χ1v) is 11.5. The lowest BCUT2D eigenvalue weighted by Crippen LogP contribution is -2.32. The summed E-state index contributed by atoms with van der Waals surface area (Å²) in [7, 11) is 5.70. The van der Waals surface area contributed by atoms with E-state index in [4.69, 9.17) is 14.2 Å². The van der Waals surface area contributed by atoms with Gasteiger partial charge in [0.05, 0.1) is 31.0 Å². The largest absolute Gasteiger partial charge is 0.497 e. The zero-order valence-corrected chi connectivity index (χ0v) is 20.2. The number of anilines is 1. The van der Waals surface area contributed by atoms with E-state index in [0.29, 0.717) is 31.1 Å². The lowest BCUT2D eigenvalue weighted by atomic mass is 9.95. The first-order valence-electron chi connectivity index (χ1n) is 11.5. The molecule has 2 aromatic carbocycles. The van der Waals surface area contributed by atoms with Crippen LogP contribution in [-0.4, -0.2) is 62.0 Å². The molecule has 0 radical (unpaired) electrons. The number of nitrogens with zero attached hydrogens (tertiary/aromatic N) is 2. The summed E-state index contributed by atoms with van der Waals surface area (Å²) >= 11 is 0. The Kier molecular flexibility index (Phi) is 7.37. The molecule has 8 nitrogen and oxygen atoms in total. The van der Waals surface area contributed by atoms with Crippen molar-refractivity contribution in [2.24, 2.45) is 5.92 Å². The van der Waals surface area contributed by atoms with E-state index >= 15 is 0 Å². The van der Waals surface area contributed by atoms with Gasteiger partial charge >= 0.3 is 0 Å². The molecule has 0 saturated carbocycles. The number of hydrogen-bond acceptors (Lipinski definition) is 6. The van der Waals surface area contributed by atoms with Gasteiger partial charge in [0.1, 0.15) is 23.9 Å². The van der Waals surface area contributed by atoms with Crippen molar-refractivity contribution in [3.63, 3.8) is 0 Å². The lowest BCUT2D eigenvalue weighted by Gasteiger charge is -2.25. The molecule has 0 bridgehead atoms. The number of nitrogens with one attached hydrogen (secondary N) is 2. The van der Waals surface area contributed by atoms with Gasteiger partial charge in [-0.25, -0.2) is 0 Å². The van der Waals surface area contributed by atoms with Gasteiger partial charge in [-0.15, -0.1) is 0 Å². The van der Waals surface area contributed by atoms with Crippen LogP contribution in [0.5, 0.6) is 17.2 Å². The quantitative estimate of drug-likeness (QED) is 0.467. The SMILES string of the molecule is COc1ccc2c(c1)CC(C(=O)Nc1ccc(-c3c[nH]nc3C)cc1OCCCN(C)C)CO2. The van der Waals surface area contributed by atoms with E-state index in [1.54, 1.807) is 7.11 Å². The molecule has 0 saturated heterocycles. The van der Waals surface area contributed by atoms with E-state index in [2.05, 4.69) is 20.4 Å². The van der Waals surface area contributed by atoms with Crippen LogP contribution in [-0.2, 0) is 11.2 Å². The predicted molar refractivity (Wildman–Crippen MR) is 132 cm³/mol. The van der Waals surface area contributed by atoms with Crippen LogP contribution >= 0.6 is 0 Å². The third kappa shape index (κ3) is 5.51. The Morgan fingerprint density at radius 2 is 2.12 bits per heavy atom.